The Kier molecular flexibility index (Phi) is 10.0. The molecular weight excluding hydrogens is 608 g/mol. The number of carbonyl (C=O) groups is 3. The van der Waals surface area contributed by atoms with Crippen molar-refractivity contribution in [2.75, 3.05) is 25.2 Å². The van der Waals surface area contributed by atoms with Crippen LogP contribution in [-0.4, -0.2) is 57.4 Å². The number of hydrogen-bond acceptors (Lipinski definition) is 7. The number of nitrogens with one attached hydrogen (secondary N) is 1. The van der Waals surface area contributed by atoms with Gasteiger partial charge in [0.2, 0.25) is 5.95 Å². The number of benzene rings is 2. The summed E-state index contributed by atoms with van der Waals surface area (Å²) >= 11 is 0. The van der Waals surface area contributed by atoms with E-state index in [2.05, 4.69) is 14.7 Å². The van der Waals surface area contributed by atoms with Gasteiger partial charge in [0, 0.05) is 23.9 Å². The van der Waals surface area contributed by atoms with Gasteiger partial charge in [-0.3, -0.25) is 9.59 Å². The maximum atomic E-state index is 13.4. The number of likely N-dealkylation sites (N-methyl/N-ethyl adjacent to an activating group) is 1. The fourth-order valence-corrected chi connectivity index (χ4v) is 4.83. The van der Waals surface area contributed by atoms with Crippen LogP contribution in [0.5, 0.6) is 11.5 Å². The average molecular weight is 639 g/mol. The highest BCUT2D eigenvalue weighted by atomic mass is 32.2. The van der Waals surface area contributed by atoms with Gasteiger partial charge in [0.05, 0.1) is 26.5 Å². The van der Waals surface area contributed by atoms with E-state index in [1.807, 2.05) is 0 Å². The van der Waals surface area contributed by atoms with E-state index in [9.17, 15) is 36.2 Å². The van der Waals surface area contributed by atoms with Crippen molar-refractivity contribution in [3.63, 3.8) is 0 Å². The molecule has 44 heavy (non-hydrogen) atoms. The molecule has 0 unspecified atom stereocenters. The summed E-state index contributed by atoms with van der Waals surface area (Å²) < 4.78 is 81.6. The van der Waals surface area contributed by atoms with Gasteiger partial charge in [0.15, 0.2) is 0 Å². The molecule has 0 spiro atoms. The lowest BCUT2D eigenvalue weighted by molar-refractivity contribution is -0.137. The molecule has 1 N–H and O–H groups in total. The van der Waals surface area contributed by atoms with Crippen molar-refractivity contribution in [3.05, 3.63) is 77.4 Å². The highest BCUT2D eigenvalue weighted by molar-refractivity contribution is 7.93. The molecule has 1 heterocycles. The third kappa shape index (κ3) is 9.23. The largest absolute Gasteiger partial charge is 0.455 e. The van der Waals surface area contributed by atoms with Gasteiger partial charge in [-0.2, -0.15) is 21.9 Å². The zero-order valence-electron chi connectivity index (χ0n) is 24.6. The Morgan fingerprint density at radius 1 is 1.02 bits per heavy atom. The van der Waals surface area contributed by atoms with E-state index >= 15 is 0 Å². The van der Waals surface area contributed by atoms with Crippen molar-refractivity contribution in [1.29, 1.82) is 0 Å². The molecule has 0 saturated carbocycles. The second kappa shape index (κ2) is 13.0. The first-order chi connectivity index (χ1) is 20.2. The Hall–Kier alpha value is -4.53. The van der Waals surface area contributed by atoms with Crippen LogP contribution in [-0.2, 0) is 25.4 Å². The lowest BCUT2D eigenvalue weighted by atomic mass is 10.1. The van der Waals surface area contributed by atoms with Crippen molar-refractivity contribution in [2.24, 2.45) is 4.36 Å². The average Bonchev–Trinajstić information content (AvgIpc) is 2.88. The number of aryl methyl sites for hydroxylation is 1. The third-order valence-corrected chi connectivity index (χ3v) is 7.34. The van der Waals surface area contributed by atoms with Gasteiger partial charge in [-0.15, -0.1) is 0 Å². The standard InChI is InChI=1S/C29H30F4N4O6S/c1-17-22(12-13-24(30)34-17)42-23-14-18(29(31,32)33)10-11-21(23)26(39)35-19-8-7-9-20(15-19)44(6,41)36-25(38)16-37(5)27(40)43-28(2,3)4/h7-15H,16H2,1-6H3,(H,35,39)/t44-/m1/s1. The normalized spacial score (nSPS) is 13.0. The minimum atomic E-state index is -4.75. The van der Waals surface area contributed by atoms with Gasteiger partial charge >= 0.3 is 12.3 Å². The van der Waals surface area contributed by atoms with Crippen LogP contribution in [0.4, 0.5) is 28.0 Å². The number of ether oxygens (including phenoxy) is 2. The predicted molar refractivity (Wildman–Crippen MR) is 153 cm³/mol. The summed E-state index contributed by atoms with van der Waals surface area (Å²) in [6.07, 6.45) is -4.33. The fourth-order valence-electron chi connectivity index (χ4n) is 3.61. The van der Waals surface area contributed by atoms with Gasteiger partial charge in [-0.1, -0.05) is 6.07 Å². The maximum absolute atomic E-state index is 13.4. The molecule has 1 atom stereocenters. The van der Waals surface area contributed by atoms with E-state index in [1.54, 1.807) is 20.8 Å². The maximum Gasteiger partial charge on any atom is 0.416 e. The van der Waals surface area contributed by atoms with Crippen molar-refractivity contribution in [2.45, 2.75) is 44.4 Å². The summed E-state index contributed by atoms with van der Waals surface area (Å²) in [6.45, 7) is 5.85. The monoisotopic (exact) mass is 638 g/mol. The first-order valence-electron chi connectivity index (χ1n) is 12.9. The SMILES string of the molecule is Cc1nc(F)ccc1Oc1cc(C(F)(F)F)ccc1C(=O)Nc1cccc([S@@](C)(=O)=NC(=O)CN(C)C(=O)OC(C)(C)C)c1. The van der Waals surface area contributed by atoms with Gasteiger partial charge in [0.1, 0.15) is 23.6 Å². The molecule has 0 fully saturated rings. The molecule has 15 heteroatoms. The number of aromatic nitrogens is 1. The van der Waals surface area contributed by atoms with Crippen LogP contribution in [0.2, 0.25) is 0 Å². The van der Waals surface area contributed by atoms with E-state index in [-0.39, 0.29) is 27.6 Å². The molecule has 3 amide bonds. The van der Waals surface area contributed by atoms with E-state index in [0.717, 1.165) is 23.1 Å². The Balaban J connectivity index is 1.87. The quantitative estimate of drug-likeness (QED) is 0.233. The van der Waals surface area contributed by atoms with Crippen LogP contribution >= 0.6 is 0 Å². The molecule has 3 rings (SSSR count). The van der Waals surface area contributed by atoms with Crippen molar-refractivity contribution in [1.82, 2.24) is 9.88 Å². The number of pyridine rings is 1. The van der Waals surface area contributed by atoms with Gasteiger partial charge in [-0.25, -0.2) is 14.0 Å². The summed E-state index contributed by atoms with van der Waals surface area (Å²) in [5, 5.41) is 2.50. The number of hydrogen-bond donors (Lipinski definition) is 1. The number of alkyl halides is 3. The number of rotatable bonds is 7. The molecule has 2 aromatic carbocycles. The van der Waals surface area contributed by atoms with E-state index in [4.69, 9.17) is 9.47 Å². The molecule has 10 nitrogen and oxygen atoms in total. The second-order valence-electron chi connectivity index (χ2n) is 10.6. The smallest absolute Gasteiger partial charge is 0.416 e. The summed E-state index contributed by atoms with van der Waals surface area (Å²) in [5.74, 6) is -3.12. The van der Waals surface area contributed by atoms with Crippen LogP contribution < -0.4 is 10.1 Å². The molecular formula is C29H30F4N4O6S. The van der Waals surface area contributed by atoms with Crippen molar-refractivity contribution >= 4 is 33.3 Å². The van der Waals surface area contributed by atoms with Crippen LogP contribution in [0.25, 0.3) is 0 Å². The molecule has 0 aliphatic rings. The van der Waals surface area contributed by atoms with Crippen LogP contribution in [0.15, 0.2) is 63.9 Å². The first-order valence-corrected chi connectivity index (χ1v) is 14.8. The summed E-state index contributed by atoms with van der Waals surface area (Å²) in [5.41, 5.74) is -2.06. The number of halogens is 4. The number of amides is 3. The van der Waals surface area contributed by atoms with Crippen molar-refractivity contribution in [3.8, 4) is 11.5 Å². The minimum absolute atomic E-state index is 0.0368. The van der Waals surface area contributed by atoms with E-state index < -0.39 is 63.2 Å². The molecule has 0 aliphatic heterocycles. The number of carbonyl (C=O) groups excluding carboxylic acids is 3. The lowest BCUT2D eigenvalue weighted by Gasteiger charge is -2.23. The van der Waals surface area contributed by atoms with E-state index in [1.165, 1.54) is 44.5 Å². The Labute approximate surface area is 251 Å². The zero-order valence-corrected chi connectivity index (χ0v) is 25.4. The number of anilines is 1. The van der Waals surface area contributed by atoms with E-state index in [0.29, 0.717) is 12.1 Å². The third-order valence-electron chi connectivity index (χ3n) is 5.66. The topological polar surface area (TPSA) is 127 Å². The van der Waals surface area contributed by atoms with Gasteiger partial charge in [-0.05, 0) is 76.2 Å². The molecule has 0 aliphatic carbocycles. The van der Waals surface area contributed by atoms with Crippen LogP contribution in [0, 0.1) is 12.9 Å². The zero-order chi connectivity index (χ0) is 33.0. The molecule has 0 bridgehead atoms. The Morgan fingerprint density at radius 2 is 1.70 bits per heavy atom. The Morgan fingerprint density at radius 3 is 2.32 bits per heavy atom. The predicted octanol–water partition coefficient (Wildman–Crippen LogP) is 6.44. The summed E-state index contributed by atoms with van der Waals surface area (Å²) in [4.78, 5) is 42.5. The molecule has 236 valence electrons. The van der Waals surface area contributed by atoms with Gasteiger partial charge in [0.25, 0.3) is 11.8 Å². The van der Waals surface area contributed by atoms with Crippen LogP contribution in [0.3, 0.4) is 0 Å². The number of nitrogens with zero attached hydrogens (tertiary/aromatic N) is 3. The Bertz CT molecular complexity index is 1710. The first kappa shape index (κ1) is 34.0. The van der Waals surface area contributed by atoms with Crippen LogP contribution in [0.1, 0.15) is 42.4 Å². The lowest BCUT2D eigenvalue weighted by Crippen LogP contribution is -2.37. The fraction of sp³-hybridized carbons (Fsp3) is 0.310. The highest BCUT2D eigenvalue weighted by Crippen LogP contribution is 2.36. The highest BCUT2D eigenvalue weighted by Gasteiger charge is 2.32. The van der Waals surface area contributed by atoms with Crippen molar-refractivity contribution < 1.29 is 45.6 Å². The molecule has 0 radical (unpaired) electrons. The summed E-state index contributed by atoms with van der Waals surface area (Å²) in [6, 6.07) is 9.91. The minimum Gasteiger partial charge on any atom is -0.455 e. The molecule has 1 aromatic heterocycles. The molecule has 3 aromatic rings. The molecule has 0 saturated heterocycles. The second-order valence-corrected chi connectivity index (χ2v) is 12.9. The van der Waals surface area contributed by atoms with Gasteiger partial charge < -0.3 is 19.7 Å². The summed E-state index contributed by atoms with van der Waals surface area (Å²) in [7, 11) is -2.04.